The zero-order valence-electron chi connectivity index (χ0n) is 27.3. The summed E-state index contributed by atoms with van der Waals surface area (Å²) in [6.07, 6.45) is 4.82. The number of hydrogen-bond acceptors (Lipinski definition) is 4. The Kier molecular flexibility index (Phi) is 11.8. The lowest BCUT2D eigenvalue weighted by molar-refractivity contribution is -0.137. The lowest BCUT2D eigenvalue weighted by Crippen LogP contribution is -2.25. The van der Waals surface area contributed by atoms with Gasteiger partial charge in [-0.2, -0.15) is 24.9 Å². The van der Waals surface area contributed by atoms with Crippen molar-refractivity contribution < 1.29 is 27.4 Å². The molecular weight excluding hydrogens is 630 g/mol. The number of rotatable bonds is 13. The topological polar surface area (TPSA) is 27.7 Å². The molecule has 3 nitrogen and oxygen atoms in total. The molecule has 0 spiro atoms. The molecule has 1 saturated heterocycles. The molecule has 6 rings (SSSR count). The predicted molar refractivity (Wildman–Crippen MR) is 189 cm³/mol. The lowest BCUT2D eigenvalue weighted by Gasteiger charge is -2.24. The highest BCUT2D eigenvalue weighted by Gasteiger charge is 2.30. The highest BCUT2D eigenvalue weighted by Crippen LogP contribution is 2.41. The number of unbranched alkanes of at least 4 members (excludes halogenated alkanes) is 2. The molecule has 0 radical (unpaired) electrons. The smallest absolute Gasteiger partial charge is 0.416 e. The van der Waals surface area contributed by atoms with Crippen molar-refractivity contribution in [2.24, 2.45) is 0 Å². The van der Waals surface area contributed by atoms with E-state index in [2.05, 4.69) is 72.8 Å². The van der Waals surface area contributed by atoms with Gasteiger partial charge in [0.05, 0.1) is 18.8 Å². The number of fused-ring (bicyclic) bond motifs is 1. The molecule has 1 atom stereocenters. The molecule has 0 amide bonds. The molecule has 48 heavy (non-hydrogen) atoms. The number of alkyl halides is 3. The Morgan fingerprint density at radius 3 is 2.29 bits per heavy atom. The minimum absolute atomic E-state index is 0.162. The molecule has 0 bridgehead atoms. The summed E-state index contributed by atoms with van der Waals surface area (Å²) in [5, 5.41) is 0. The van der Waals surface area contributed by atoms with Crippen molar-refractivity contribution in [1.82, 2.24) is 0 Å². The maximum Gasteiger partial charge on any atom is 0.416 e. The third-order valence-corrected chi connectivity index (χ3v) is 10.1. The molecule has 4 aromatic carbocycles. The Hall–Kier alpha value is -3.68. The van der Waals surface area contributed by atoms with Crippen molar-refractivity contribution in [3.05, 3.63) is 130 Å². The Balaban J connectivity index is 1.05. The second-order valence-corrected chi connectivity index (χ2v) is 13.6. The first-order valence-electron chi connectivity index (χ1n) is 17.1. The maximum absolute atomic E-state index is 12.8. The first-order chi connectivity index (χ1) is 23.4. The summed E-state index contributed by atoms with van der Waals surface area (Å²) in [7, 11) is 0. The second kappa shape index (κ2) is 16.6. The van der Waals surface area contributed by atoms with Gasteiger partial charge in [-0.05, 0) is 132 Å². The van der Waals surface area contributed by atoms with E-state index in [0.717, 1.165) is 105 Å². The number of aryl methyl sites for hydroxylation is 1. The zero-order chi connectivity index (χ0) is 33.2. The van der Waals surface area contributed by atoms with Gasteiger partial charge in [-0.25, -0.2) is 0 Å². The predicted octanol–water partition coefficient (Wildman–Crippen LogP) is 11.4. The maximum atomic E-state index is 12.8. The van der Waals surface area contributed by atoms with E-state index in [4.69, 9.17) is 14.2 Å². The van der Waals surface area contributed by atoms with Crippen LogP contribution in [0, 0.1) is 0 Å². The van der Waals surface area contributed by atoms with Crippen molar-refractivity contribution >= 4 is 22.9 Å². The van der Waals surface area contributed by atoms with Gasteiger partial charge in [0.15, 0.2) is 6.29 Å². The Morgan fingerprint density at radius 1 is 0.750 bits per heavy atom. The van der Waals surface area contributed by atoms with Crippen molar-refractivity contribution in [2.75, 3.05) is 19.0 Å². The van der Waals surface area contributed by atoms with Gasteiger partial charge in [-0.1, -0.05) is 60.7 Å². The Morgan fingerprint density at radius 2 is 1.54 bits per heavy atom. The zero-order valence-corrected chi connectivity index (χ0v) is 28.1. The van der Waals surface area contributed by atoms with Gasteiger partial charge in [0.2, 0.25) is 0 Å². The quantitative estimate of drug-likeness (QED) is 0.132. The minimum Gasteiger partial charge on any atom is -0.494 e. The van der Waals surface area contributed by atoms with Crippen LogP contribution in [0.3, 0.4) is 0 Å². The summed E-state index contributed by atoms with van der Waals surface area (Å²) < 4.78 is 56.5. The van der Waals surface area contributed by atoms with Crippen molar-refractivity contribution in [3.8, 4) is 11.5 Å². The third-order valence-electron chi connectivity index (χ3n) is 8.94. The number of halogens is 3. The van der Waals surface area contributed by atoms with E-state index in [1.54, 1.807) is 23.9 Å². The van der Waals surface area contributed by atoms with Crippen LogP contribution in [0.2, 0.25) is 0 Å². The van der Waals surface area contributed by atoms with E-state index in [1.165, 1.54) is 33.4 Å². The molecule has 0 aromatic heterocycles. The molecule has 4 aromatic rings. The van der Waals surface area contributed by atoms with Gasteiger partial charge in [0, 0.05) is 12.2 Å². The molecule has 252 valence electrons. The van der Waals surface area contributed by atoms with Crippen LogP contribution in [0.15, 0.2) is 97.1 Å². The van der Waals surface area contributed by atoms with Crippen LogP contribution in [0.4, 0.5) is 13.2 Å². The van der Waals surface area contributed by atoms with Crippen LogP contribution in [-0.2, 0) is 23.1 Å². The summed E-state index contributed by atoms with van der Waals surface area (Å²) in [6, 6.07) is 31.2. The summed E-state index contributed by atoms with van der Waals surface area (Å²) in [5.74, 6) is 3.43. The molecule has 0 N–H and O–H groups in total. The van der Waals surface area contributed by atoms with Gasteiger partial charge >= 0.3 is 6.18 Å². The SMILES string of the molecule is FC(F)(F)c1ccc(CSCCCCCOc2ccc(C3=C(c4ccccc4)CCCc4cc(OC5CCCCO5)ccc43)cc2)cc1. The fraction of sp³-hybridized carbons (Fsp3) is 0.366. The standard InChI is InChI=1S/C41H43F3O3S/c42-41(43,44)34-19-15-30(16-20-34)29-48-27-8-2-6-25-45-35-21-17-32(18-22-35)40-37(31-10-3-1-4-11-31)13-9-12-33-28-36(23-24-38(33)40)47-39-14-5-7-26-46-39/h1,3-4,10-11,15-24,28,39H,2,5-9,12-14,25-27,29H2. The van der Waals surface area contributed by atoms with E-state index in [1.807, 2.05) is 0 Å². The highest BCUT2D eigenvalue weighted by atomic mass is 32.2. The van der Waals surface area contributed by atoms with Gasteiger partial charge in [0.25, 0.3) is 0 Å². The molecule has 0 saturated carbocycles. The van der Waals surface area contributed by atoms with Crippen LogP contribution in [0.5, 0.6) is 11.5 Å². The first-order valence-corrected chi connectivity index (χ1v) is 18.3. The van der Waals surface area contributed by atoms with Crippen molar-refractivity contribution in [1.29, 1.82) is 0 Å². The number of benzene rings is 4. The molecular formula is C41H43F3O3S. The normalized spacial score (nSPS) is 16.7. The molecule has 1 fully saturated rings. The number of ether oxygens (including phenoxy) is 3. The van der Waals surface area contributed by atoms with E-state index in [9.17, 15) is 13.2 Å². The highest BCUT2D eigenvalue weighted by molar-refractivity contribution is 7.98. The van der Waals surface area contributed by atoms with Gasteiger partial charge in [-0.3, -0.25) is 0 Å². The van der Waals surface area contributed by atoms with Crippen LogP contribution < -0.4 is 9.47 Å². The Labute approximate surface area is 286 Å². The van der Waals surface area contributed by atoms with Crippen molar-refractivity contribution in [2.45, 2.75) is 76.0 Å². The van der Waals surface area contributed by atoms with Crippen LogP contribution >= 0.6 is 11.8 Å². The fourth-order valence-corrected chi connectivity index (χ4v) is 7.40. The third kappa shape index (κ3) is 9.26. The average Bonchev–Trinajstić information content (AvgIpc) is 3.30. The molecule has 1 heterocycles. The largest absolute Gasteiger partial charge is 0.494 e. The summed E-state index contributed by atoms with van der Waals surface area (Å²) in [5.41, 5.74) is 7.96. The van der Waals surface area contributed by atoms with E-state index in [-0.39, 0.29) is 6.29 Å². The van der Waals surface area contributed by atoms with Crippen LogP contribution in [0.1, 0.15) is 84.7 Å². The molecule has 1 aliphatic carbocycles. The average molecular weight is 673 g/mol. The van der Waals surface area contributed by atoms with E-state index in [0.29, 0.717) is 6.61 Å². The minimum atomic E-state index is -4.29. The van der Waals surface area contributed by atoms with Gasteiger partial charge in [-0.15, -0.1) is 0 Å². The van der Waals surface area contributed by atoms with Gasteiger partial charge in [0.1, 0.15) is 11.5 Å². The van der Waals surface area contributed by atoms with Gasteiger partial charge < -0.3 is 14.2 Å². The number of hydrogen-bond donors (Lipinski definition) is 0. The number of thioether (sulfide) groups is 1. The second-order valence-electron chi connectivity index (χ2n) is 12.5. The fourth-order valence-electron chi connectivity index (χ4n) is 6.42. The summed E-state index contributed by atoms with van der Waals surface area (Å²) >= 11 is 1.75. The lowest BCUT2D eigenvalue weighted by atomic mass is 9.88. The molecule has 1 aliphatic heterocycles. The molecule has 2 aliphatic rings. The Bertz CT molecular complexity index is 1630. The van der Waals surface area contributed by atoms with Crippen LogP contribution in [0.25, 0.3) is 11.1 Å². The van der Waals surface area contributed by atoms with E-state index < -0.39 is 11.7 Å². The summed E-state index contributed by atoms with van der Waals surface area (Å²) in [4.78, 5) is 0. The molecule has 1 unspecified atom stereocenters. The van der Waals surface area contributed by atoms with Crippen molar-refractivity contribution in [3.63, 3.8) is 0 Å². The first kappa shape index (κ1) is 34.2. The van der Waals surface area contributed by atoms with Crippen LogP contribution in [-0.4, -0.2) is 25.3 Å². The number of allylic oxidation sites excluding steroid dienone is 1. The monoisotopic (exact) mass is 672 g/mol. The van der Waals surface area contributed by atoms with E-state index >= 15 is 0 Å². The summed E-state index contributed by atoms with van der Waals surface area (Å²) in [6.45, 7) is 1.41. The molecule has 7 heteroatoms.